The van der Waals surface area contributed by atoms with E-state index < -0.39 is 23.7 Å². The molecule has 1 aromatic heterocycles. The molecule has 4 rings (SSSR count). The Hall–Kier alpha value is -3.60. The van der Waals surface area contributed by atoms with Crippen molar-refractivity contribution >= 4 is 46.3 Å². The maximum atomic E-state index is 12.7. The molecule has 184 valence electrons. The molecule has 11 heteroatoms. The predicted octanol–water partition coefficient (Wildman–Crippen LogP) is 4.20. The molecular weight excluding hydrogens is 472 g/mol. The van der Waals surface area contributed by atoms with Crippen LogP contribution in [0.4, 0.5) is 16.2 Å². The van der Waals surface area contributed by atoms with Crippen LogP contribution in [0.1, 0.15) is 36.2 Å². The predicted molar refractivity (Wildman–Crippen MR) is 133 cm³/mol. The van der Waals surface area contributed by atoms with Gasteiger partial charge in [0.15, 0.2) is 0 Å². The van der Waals surface area contributed by atoms with E-state index in [1.807, 2.05) is 30.5 Å². The molecule has 2 aliphatic rings. The molecule has 1 aromatic carbocycles. The van der Waals surface area contributed by atoms with Gasteiger partial charge in [-0.05, 0) is 74.7 Å². The Balaban J connectivity index is 1.67. The van der Waals surface area contributed by atoms with Crippen molar-refractivity contribution in [3.05, 3.63) is 56.2 Å². The third-order valence-corrected chi connectivity index (χ3v) is 7.16. The third kappa shape index (κ3) is 4.81. The Labute approximate surface area is 206 Å². The molecule has 2 aromatic rings. The van der Waals surface area contributed by atoms with Crippen molar-refractivity contribution in [1.82, 2.24) is 9.47 Å². The maximum Gasteiger partial charge on any atom is 0.325 e. The molecule has 10 nitrogen and oxygen atoms in total. The second-order valence-corrected chi connectivity index (χ2v) is 9.48. The van der Waals surface area contributed by atoms with Gasteiger partial charge in [0, 0.05) is 30.5 Å². The number of methoxy groups -OCH3 is 1. The number of nitro groups is 1. The number of hydrogen-bond donors (Lipinski definition) is 0. The fourth-order valence-corrected chi connectivity index (χ4v) is 5.33. The number of benzene rings is 1. The first-order chi connectivity index (χ1) is 16.7. The van der Waals surface area contributed by atoms with E-state index in [0.717, 1.165) is 60.4 Å². The average molecular weight is 499 g/mol. The zero-order valence-corrected chi connectivity index (χ0v) is 20.6. The van der Waals surface area contributed by atoms with Gasteiger partial charge in [-0.25, -0.2) is 0 Å². The minimum absolute atomic E-state index is 0.0578. The Morgan fingerprint density at radius 2 is 1.89 bits per heavy atom. The lowest BCUT2D eigenvalue weighted by Crippen LogP contribution is -2.34. The molecule has 0 saturated carbocycles. The SMILES string of the molecule is COC(=O)CN1C(=O)S/C(=C\c2cc(C)n(-c3ccc(N4CCCCC4)c([N+](=O)[O-])c3)c2C)C1=O. The largest absolute Gasteiger partial charge is 0.468 e. The fraction of sp³-hybridized carbons (Fsp3) is 0.375. The van der Waals surface area contributed by atoms with Gasteiger partial charge in [0.05, 0.1) is 22.6 Å². The molecule has 2 amide bonds. The average Bonchev–Trinajstić information content (AvgIpc) is 3.27. The van der Waals surface area contributed by atoms with E-state index in [0.29, 0.717) is 16.9 Å². The molecule has 2 fully saturated rings. The number of piperidine rings is 1. The molecule has 2 aliphatic heterocycles. The smallest absolute Gasteiger partial charge is 0.325 e. The number of thioether (sulfide) groups is 1. The number of nitro benzene ring substituents is 1. The highest BCUT2D eigenvalue weighted by Crippen LogP contribution is 2.36. The number of imide groups is 1. The van der Waals surface area contributed by atoms with Crippen LogP contribution in [-0.4, -0.2) is 58.3 Å². The van der Waals surface area contributed by atoms with E-state index in [1.54, 1.807) is 18.2 Å². The topological polar surface area (TPSA) is 115 Å². The number of carbonyl (C=O) groups is 3. The number of aromatic nitrogens is 1. The highest BCUT2D eigenvalue weighted by atomic mass is 32.2. The second kappa shape index (κ2) is 9.95. The Kier molecular flexibility index (Phi) is 6.97. The van der Waals surface area contributed by atoms with Crippen LogP contribution >= 0.6 is 11.8 Å². The van der Waals surface area contributed by atoms with Crippen molar-refractivity contribution < 1.29 is 24.0 Å². The summed E-state index contributed by atoms with van der Waals surface area (Å²) in [6.45, 7) is 4.89. The van der Waals surface area contributed by atoms with Crippen LogP contribution in [0, 0.1) is 24.0 Å². The molecule has 2 saturated heterocycles. The van der Waals surface area contributed by atoms with Gasteiger partial charge in [-0.3, -0.25) is 29.4 Å². The van der Waals surface area contributed by atoms with Gasteiger partial charge in [0.1, 0.15) is 12.2 Å². The van der Waals surface area contributed by atoms with Crippen molar-refractivity contribution in [3.8, 4) is 5.69 Å². The molecule has 3 heterocycles. The molecule has 0 bridgehead atoms. The van der Waals surface area contributed by atoms with Crippen LogP contribution in [0.5, 0.6) is 0 Å². The standard InChI is InChI=1S/C24H26N4O6S/c1-15-11-17(12-21-23(30)26(24(31)35-21)14-22(29)34-3)16(2)27(15)18-7-8-19(20(13-18)28(32)33)25-9-5-4-6-10-25/h7-8,11-13H,4-6,9-10,14H2,1-3H3/b21-12-. The summed E-state index contributed by atoms with van der Waals surface area (Å²) in [5, 5.41) is 11.4. The van der Waals surface area contributed by atoms with Gasteiger partial charge in [-0.2, -0.15) is 0 Å². The number of rotatable bonds is 6. The second-order valence-electron chi connectivity index (χ2n) is 8.48. The van der Waals surface area contributed by atoms with Gasteiger partial charge >= 0.3 is 5.97 Å². The molecule has 0 atom stereocenters. The van der Waals surface area contributed by atoms with Crippen LogP contribution in [0.25, 0.3) is 11.8 Å². The quantitative estimate of drug-likeness (QED) is 0.252. The zero-order chi connectivity index (χ0) is 25.3. The summed E-state index contributed by atoms with van der Waals surface area (Å²) in [6, 6.07) is 7.10. The summed E-state index contributed by atoms with van der Waals surface area (Å²) in [7, 11) is 1.19. The van der Waals surface area contributed by atoms with E-state index in [2.05, 4.69) is 9.64 Å². The summed E-state index contributed by atoms with van der Waals surface area (Å²) < 4.78 is 6.44. The number of esters is 1. The first-order valence-corrected chi connectivity index (χ1v) is 12.1. The number of amides is 2. The maximum absolute atomic E-state index is 12.7. The summed E-state index contributed by atoms with van der Waals surface area (Å²) in [5.74, 6) is -1.24. The Morgan fingerprint density at radius 1 is 1.17 bits per heavy atom. The molecule has 0 spiro atoms. The first kappa shape index (κ1) is 24.5. The first-order valence-electron chi connectivity index (χ1n) is 11.3. The summed E-state index contributed by atoms with van der Waals surface area (Å²) >= 11 is 0.760. The summed E-state index contributed by atoms with van der Waals surface area (Å²) in [5.41, 5.74) is 3.62. The molecule has 35 heavy (non-hydrogen) atoms. The lowest BCUT2D eigenvalue weighted by Gasteiger charge is -2.28. The number of hydrogen-bond acceptors (Lipinski definition) is 8. The van der Waals surface area contributed by atoms with Gasteiger partial charge in [0.25, 0.3) is 16.8 Å². The zero-order valence-electron chi connectivity index (χ0n) is 19.8. The van der Waals surface area contributed by atoms with Crippen LogP contribution in [-0.2, 0) is 14.3 Å². The van der Waals surface area contributed by atoms with E-state index in [9.17, 15) is 24.5 Å². The number of carbonyl (C=O) groups excluding carboxylic acids is 3. The van der Waals surface area contributed by atoms with Crippen LogP contribution in [0.15, 0.2) is 29.2 Å². The lowest BCUT2D eigenvalue weighted by molar-refractivity contribution is -0.384. The molecule has 0 N–H and O–H groups in total. The van der Waals surface area contributed by atoms with Crippen LogP contribution < -0.4 is 4.90 Å². The molecule has 0 unspecified atom stereocenters. The number of anilines is 1. The molecular formula is C24H26N4O6S. The summed E-state index contributed by atoms with van der Waals surface area (Å²) in [6.07, 6.45) is 4.78. The fourth-order valence-electron chi connectivity index (χ4n) is 4.50. The number of nitrogens with zero attached hydrogens (tertiary/aromatic N) is 4. The van der Waals surface area contributed by atoms with Crippen molar-refractivity contribution in [2.45, 2.75) is 33.1 Å². The van der Waals surface area contributed by atoms with E-state index in [-0.39, 0.29) is 15.5 Å². The van der Waals surface area contributed by atoms with Crippen LogP contribution in [0.3, 0.4) is 0 Å². The number of aryl methyl sites for hydroxylation is 1. The van der Waals surface area contributed by atoms with E-state index in [4.69, 9.17) is 0 Å². The van der Waals surface area contributed by atoms with Crippen molar-refractivity contribution in [2.24, 2.45) is 0 Å². The van der Waals surface area contributed by atoms with Crippen molar-refractivity contribution in [1.29, 1.82) is 0 Å². The Bertz CT molecular complexity index is 1240. The lowest BCUT2D eigenvalue weighted by atomic mass is 10.1. The van der Waals surface area contributed by atoms with Gasteiger partial charge < -0.3 is 14.2 Å². The number of ether oxygens (including phenoxy) is 1. The van der Waals surface area contributed by atoms with Crippen LogP contribution in [0.2, 0.25) is 0 Å². The van der Waals surface area contributed by atoms with Gasteiger partial charge in [-0.15, -0.1) is 0 Å². The molecule has 0 radical (unpaired) electrons. The van der Waals surface area contributed by atoms with Gasteiger partial charge in [0.2, 0.25) is 0 Å². The van der Waals surface area contributed by atoms with E-state index >= 15 is 0 Å². The summed E-state index contributed by atoms with van der Waals surface area (Å²) in [4.78, 5) is 51.1. The molecule has 0 aliphatic carbocycles. The minimum atomic E-state index is -0.679. The van der Waals surface area contributed by atoms with Crippen molar-refractivity contribution in [3.63, 3.8) is 0 Å². The monoisotopic (exact) mass is 498 g/mol. The highest BCUT2D eigenvalue weighted by Gasteiger charge is 2.36. The normalized spacial score (nSPS) is 17.4. The van der Waals surface area contributed by atoms with E-state index in [1.165, 1.54) is 7.11 Å². The van der Waals surface area contributed by atoms with Crippen molar-refractivity contribution in [2.75, 3.05) is 31.6 Å². The highest BCUT2D eigenvalue weighted by molar-refractivity contribution is 8.18. The minimum Gasteiger partial charge on any atom is -0.468 e. The van der Waals surface area contributed by atoms with Gasteiger partial charge in [-0.1, -0.05) is 0 Å². The Morgan fingerprint density at radius 3 is 2.54 bits per heavy atom. The third-order valence-electron chi connectivity index (χ3n) is 6.26.